The molecular formula is C20H15N3O2. The van der Waals surface area contributed by atoms with Gasteiger partial charge in [0, 0.05) is 21.9 Å². The number of rotatable bonds is 3. The van der Waals surface area contributed by atoms with Crippen LogP contribution in [0.2, 0.25) is 0 Å². The van der Waals surface area contributed by atoms with Crippen molar-refractivity contribution in [2.75, 3.05) is 5.43 Å². The number of carbonyl (C=O) groups excluding carboxylic acids is 2. The fraction of sp³-hybridized carbons (Fsp3) is 0. The molecule has 0 aliphatic rings. The van der Waals surface area contributed by atoms with Gasteiger partial charge in [0.1, 0.15) is 0 Å². The summed E-state index contributed by atoms with van der Waals surface area (Å²) >= 11 is 0. The van der Waals surface area contributed by atoms with Crippen LogP contribution in [0.4, 0.5) is 0 Å². The van der Waals surface area contributed by atoms with E-state index in [2.05, 4.69) is 5.43 Å². The van der Waals surface area contributed by atoms with Crippen LogP contribution >= 0.6 is 0 Å². The molecule has 0 saturated carbocycles. The number of nitrogens with one attached hydrogen (secondary N) is 1. The van der Waals surface area contributed by atoms with Gasteiger partial charge in [0.25, 0.3) is 5.91 Å². The zero-order valence-electron chi connectivity index (χ0n) is 13.3. The summed E-state index contributed by atoms with van der Waals surface area (Å²) in [5.41, 5.74) is 10.8. The topological polar surface area (TPSA) is 77.1 Å². The van der Waals surface area contributed by atoms with E-state index in [0.29, 0.717) is 11.1 Å². The number of nitrogens with two attached hydrogens (primary N) is 1. The van der Waals surface area contributed by atoms with E-state index in [4.69, 9.17) is 5.73 Å². The molecule has 0 aliphatic carbocycles. The fourth-order valence-corrected chi connectivity index (χ4v) is 2.99. The average molecular weight is 329 g/mol. The minimum atomic E-state index is -0.519. The summed E-state index contributed by atoms with van der Waals surface area (Å²) in [6, 6.07) is 22.1. The number of hydrogen-bond donors (Lipinski definition) is 2. The molecule has 0 atom stereocenters. The number of para-hydroxylation sites is 2. The first kappa shape index (κ1) is 15.0. The SMILES string of the molecule is NC(=O)c1ccc(C(=O)Nn2c3ccccc3c3ccccc32)cc1. The van der Waals surface area contributed by atoms with Crippen LogP contribution < -0.4 is 11.2 Å². The third-order valence-corrected chi connectivity index (χ3v) is 4.23. The Morgan fingerprint density at radius 2 is 1.20 bits per heavy atom. The summed E-state index contributed by atoms with van der Waals surface area (Å²) < 4.78 is 1.79. The van der Waals surface area contributed by atoms with Gasteiger partial charge in [-0.15, -0.1) is 0 Å². The lowest BCUT2D eigenvalue weighted by atomic mass is 10.1. The van der Waals surface area contributed by atoms with Gasteiger partial charge < -0.3 is 5.73 Å². The first-order chi connectivity index (χ1) is 12.1. The molecule has 122 valence electrons. The van der Waals surface area contributed by atoms with Gasteiger partial charge in [-0.1, -0.05) is 36.4 Å². The van der Waals surface area contributed by atoms with Crippen LogP contribution in [0.25, 0.3) is 21.8 Å². The van der Waals surface area contributed by atoms with Gasteiger partial charge in [0.15, 0.2) is 0 Å². The minimum absolute atomic E-state index is 0.262. The van der Waals surface area contributed by atoms with Gasteiger partial charge in [0.2, 0.25) is 5.91 Å². The molecule has 0 fully saturated rings. The Labute approximate surface area is 143 Å². The fourth-order valence-electron chi connectivity index (χ4n) is 2.99. The van der Waals surface area contributed by atoms with E-state index in [9.17, 15) is 9.59 Å². The number of benzene rings is 3. The van der Waals surface area contributed by atoms with E-state index in [-0.39, 0.29) is 5.91 Å². The van der Waals surface area contributed by atoms with Crippen LogP contribution in [0, 0.1) is 0 Å². The Morgan fingerprint density at radius 3 is 1.72 bits per heavy atom. The van der Waals surface area contributed by atoms with E-state index < -0.39 is 5.91 Å². The molecule has 0 saturated heterocycles. The maximum absolute atomic E-state index is 12.6. The molecule has 2 amide bonds. The Balaban J connectivity index is 1.77. The molecule has 1 heterocycles. The van der Waals surface area contributed by atoms with Crippen LogP contribution in [0.15, 0.2) is 72.8 Å². The maximum Gasteiger partial charge on any atom is 0.270 e. The summed E-state index contributed by atoms with van der Waals surface area (Å²) in [6.45, 7) is 0. The highest BCUT2D eigenvalue weighted by atomic mass is 16.2. The molecule has 5 heteroatoms. The summed E-state index contributed by atoms with van der Waals surface area (Å²) in [5, 5.41) is 2.14. The molecular weight excluding hydrogens is 314 g/mol. The number of primary amides is 1. The van der Waals surface area contributed by atoms with Crippen LogP contribution in [-0.4, -0.2) is 16.5 Å². The van der Waals surface area contributed by atoms with Crippen molar-refractivity contribution in [3.05, 3.63) is 83.9 Å². The van der Waals surface area contributed by atoms with Crippen molar-refractivity contribution in [1.29, 1.82) is 0 Å². The summed E-state index contributed by atoms with van der Waals surface area (Å²) in [5.74, 6) is -0.781. The highest BCUT2D eigenvalue weighted by molar-refractivity contribution is 6.10. The Bertz CT molecular complexity index is 1060. The van der Waals surface area contributed by atoms with Crippen molar-refractivity contribution in [3.8, 4) is 0 Å². The predicted molar refractivity (Wildman–Crippen MR) is 98.1 cm³/mol. The number of nitrogens with zero attached hydrogens (tertiary/aromatic N) is 1. The molecule has 4 rings (SSSR count). The second-order valence-electron chi connectivity index (χ2n) is 5.75. The van der Waals surface area contributed by atoms with Crippen LogP contribution in [0.1, 0.15) is 20.7 Å². The predicted octanol–water partition coefficient (Wildman–Crippen LogP) is 3.28. The van der Waals surface area contributed by atoms with Crippen molar-refractivity contribution >= 4 is 33.6 Å². The molecule has 4 aromatic rings. The van der Waals surface area contributed by atoms with E-state index in [1.165, 1.54) is 0 Å². The van der Waals surface area contributed by atoms with Gasteiger partial charge in [-0.3, -0.25) is 19.7 Å². The van der Waals surface area contributed by atoms with Crippen molar-refractivity contribution in [3.63, 3.8) is 0 Å². The van der Waals surface area contributed by atoms with E-state index in [1.807, 2.05) is 48.5 Å². The molecule has 0 bridgehead atoms. The molecule has 3 N–H and O–H groups in total. The third-order valence-electron chi connectivity index (χ3n) is 4.23. The van der Waals surface area contributed by atoms with Crippen molar-refractivity contribution in [2.45, 2.75) is 0 Å². The largest absolute Gasteiger partial charge is 0.366 e. The van der Waals surface area contributed by atoms with Crippen molar-refractivity contribution < 1.29 is 9.59 Å². The lowest BCUT2D eigenvalue weighted by Crippen LogP contribution is -2.22. The number of aromatic nitrogens is 1. The van der Waals surface area contributed by atoms with E-state index >= 15 is 0 Å². The zero-order valence-corrected chi connectivity index (χ0v) is 13.3. The van der Waals surface area contributed by atoms with Gasteiger partial charge in [0.05, 0.1) is 11.0 Å². The average Bonchev–Trinajstić information content (AvgIpc) is 2.96. The number of carbonyl (C=O) groups is 2. The Morgan fingerprint density at radius 1 is 0.720 bits per heavy atom. The van der Waals surface area contributed by atoms with Crippen molar-refractivity contribution in [2.24, 2.45) is 5.73 Å². The van der Waals surface area contributed by atoms with Gasteiger partial charge in [-0.25, -0.2) is 0 Å². The van der Waals surface area contributed by atoms with Crippen LogP contribution in [-0.2, 0) is 0 Å². The summed E-state index contributed by atoms with van der Waals surface area (Å²) in [4.78, 5) is 23.8. The normalized spacial score (nSPS) is 10.9. The second kappa shape index (κ2) is 5.79. The molecule has 5 nitrogen and oxygen atoms in total. The highest BCUT2D eigenvalue weighted by Crippen LogP contribution is 2.27. The Hall–Kier alpha value is -3.60. The van der Waals surface area contributed by atoms with Crippen LogP contribution in [0.3, 0.4) is 0 Å². The number of hydrogen-bond acceptors (Lipinski definition) is 2. The molecule has 3 aromatic carbocycles. The summed E-state index contributed by atoms with van der Waals surface area (Å²) in [6.07, 6.45) is 0. The van der Waals surface area contributed by atoms with Gasteiger partial charge in [-0.2, -0.15) is 0 Å². The number of amides is 2. The van der Waals surface area contributed by atoms with Crippen molar-refractivity contribution in [1.82, 2.24) is 4.68 Å². The smallest absolute Gasteiger partial charge is 0.270 e. The zero-order chi connectivity index (χ0) is 17.4. The second-order valence-corrected chi connectivity index (χ2v) is 5.75. The van der Waals surface area contributed by atoms with E-state index in [0.717, 1.165) is 21.8 Å². The quantitative estimate of drug-likeness (QED) is 0.605. The van der Waals surface area contributed by atoms with Crippen LogP contribution in [0.5, 0.6) is 0 Å². The molecule has 0 spiro atoms. The highest BCUT2D eigenvalue weighted by Gasteiger charge is 2.13. The first-order valence-electron chi connectivity index (χ1n) is 7.84. The number of fused-ring (bicyclic) bond motifs is 3. The minimum Gasteiger partial charge on any atom is -0.366 e. The lowest BCUT2D eigenvalue weighted by molar-refractivity contribution is 0.0992. The van der Waals surface area contributed by atoms with E-state index in [1.54, 1.807) is 28.9 Å². The Kier molecular flexibility index (Phi) is 3.47. The van der Waals surface area contributed by atoms with Gasteiger partial charge >= 0.3 is 0 Å². The monoisotopic (exact) mass is 329 g/mol. The standard InChI is InChI=1S/C20H15N3O2/c21-19(24)13-9-11-14(12-10-13)20(25)22-23-17-7-3-1-5-15(17)16-6-2-4-8-18(16)23/h1-12H,(H2,21,24)(H,22,25). The van der Waals surface area contributed by atoms with Gasteiger partial charge in [-0.05, 0) is 36.4 Å². The molecule has 0 aliphatic heterocycles. The maximum atomic E-state index is 12.6. The molecule has 1 aromatic heterocycles. The molecule has 25 heavy (non-hydrogen) atoms. The first-order valence-corrected chi connectivity index (χ1v) is 7.84. The summed E-state index contributed by atoms with van der Waals surface area (Å²) in [7, 11) is 0. The molecule has 0 radical (unpaired) electrons. The molecule has 0 unspecified atom stereocenters. The third kappa shape index (κ3) is 2.52. The lowest BCUT2D eigenvalue weighted by Gasteiger charge is -2.10.